The van der Waals surface area contributed by atoms with Crippen LogP contribution in [-0.2, 0) is 14.8 Å². The number of benzene rings is 2. The van der Waals surface area contributed by atoms with E-state index in [2.05, 4.69) is 15.4 Å². The molecule has 0 aliphatic carbocycles. The van der Waals surface area contributed by atoms with Gasteiger partial charge in [-0.15, -0.1) is 0 Å². The summed E-state index contributed by atoms with van der Waals surface area (Å²) >= 11 is 0. The van der Waals surface area contributed by atoms with Crippen LogP contribution in [0.1, 0.15) is 31.1 Å². The molecule has 31 heavy (non-hydrogen) atoms. The number of ether oxygens (including phenoxy) is 1. The first-order valence-corrected chi connectivity index (χ1v) is 11.1. The topological polar surface area (TPSA) is 114 Å². The monoisotopic (exact) mass is 445 g/mol. The molecule has 0 fully saturated rings. The molecule has 0 saturated carbocycles. The summed E-state index contributed by atoms with van der Waals surface area (Å²) < 4.78 is 32.2. The molecule has 2 aromatic rings. The van der Waals surface area contributed by atoms with E-state index in [1.165, 1.54) is 36.4 Å². The summed E-state index contributed by atoms with van der Waals surface area (Å²) in [6.45, 7) is 5.90. The largest absolute Gasteiger partial charge is 0.444 e. The lowest BCUT2D eigenvalue weighted by molar-refractivity contribution is 0.0533. The Balaban J connectivity index is 1.79. The SMILES string of the molecule is CC(C)(C)OC(=O)NCC=CCNC(=O)c1ccc(NS(=O)(=O)c2ccccc2)cc1. The minimum absolute atomic E-state index is 0.157. The van der Waals surface area contributed by atoms with Gasteiger partial charge in [0.25, 0.3) is 15.9 Å². The number of hydrogen-bond acceptors (Lipinski definition) is 5. The Morgan fingerprint density at radius 3 is 2.06 bits per heavy atom. The Morgan fingerprint density at radius 1 is 0.903 bits per heavy atom. The molecule has 0 aliphatic rings. The zero-order valence-electron chi connectivity index (χ0n) is 17.7. The molecule has 2 amide bonds. The number of hydrogen-bond donors (Lipinski definition) is 3. The standard InChI is InChI=1S/C22H27N3O5S/c1-22(2,3)30-21(27)24-16-8-7-15-23-20(26)17-11-13-18(14-12-17)25-31(28,29)19-9-5-4-6-10-19/h4-14,25H,15-16H2,1-3H3,(H,23,26)(H,24,27). The smallest absolute Gasteiger partial charge is 0.407 e. The van der Waals surface area contributed by atoms with E-state index < -0.39 is 21.7 Å². The first kappa shape index (κ1) is 23.9. The predicted octanol–water partition coefficient (Wildman–Crippen LogP) is 3.30. The molecule has 3 N–H and O–H groups in total. The summed E-state index contributed by atoms with van der Waals surface area (Å²) in [6.07, 6.45) is 2.90. The van der Waals surface area contributed by atoms with Crippen LogP contribution in [0, 0.1) is 0 Å². The Bertz CT molecular complexity index is 1010. The third-order valence-electron chi connectivity index (χ3n) is 3.76. The van der Waals surface area contributed by atoms with Crippen LogP contribution in [0.4, 0.5) is 10.5 Å². The molecule has 0 heterocycles. The summed E-state index contributed by atoms with van der Waals surface area (Å²) in [5, 5.41) is 5.29. The highest BCUT2D eigenvalue weighted by Gasteiger charge is 2.15. The molecule has 9 heteroatoms. The third-order valence-corrected chi connectivity index (χ3v) is 5.16. The fraction of sp³-hybridized carbons (Fsp3) is 0.273. The maximum atomic E-state index is 12.3. The number of alkyl carbamates (subject to hydrolysis) is 1. The van der Waals surface area contributed by atoms with Crippen molar-refractivity contribution in [2.24, 2.45) is 0 Å². The summed E-state index contributed by atoms with van der Waals surface area (Å²) in [4.78, 5) is 23.8. The summed E-state index contributed by atoms with van der Waals surface area (Å²) in [5.41, 5.74) is 0.190. The van der Waals surface area contributed by atoms with Crippen LogP contribution >= 0.6 is 0 Å². The van der Waals surface area contributed by atoms with Crippen LogP contribution < -0.4 is 15.4 Å². The van der Waals surface area contributed by atoms with Gasteiger partial charge in [0.2, 0.25) is 0 Å². The zero-order chi connectivity index (χ0) is 22.9. The summed E-state index contributed by atoms with van der Waals surface area (Å²) in [7, 11) is -3.68. The number of amides is 2. The van der Waals surface area contributed by atoms with E-state index in [4.69, 9.17) is 4.74 Å². The molecule has 0 radical (unpaired) electrons. The van der Waals surface area contributed by atoms with E-state index in [0.29, 0.717) is 11.3 Å². The lowest BCUT2D eigenvalue weighted by Gasteiger charge is -2.19. The summed E-state index contributed by atoms with van der Waals surface area (Å²) in [5.74, 6) is -0.304. The van der Waals surface area contributed by atoms with Crippen molar-refractivity contribution in [3.05, 3.63) is 72.3 Å². The Morgan fingerprint density at radius 2 is 1.48 bits per heavy atom. The van der Waals surface area contributed by atoms with Crippen molar-refractivity contribution in [2.45, 2.75) is 31.3 Å². The quantitative estimate of drug-likeness (QED) is 0.540. The van der Waals surface area contributed by atoms with E-state index in [-0.39, 0.29) is 23.9 Å². The zero-order valence-corrected chi connectivity index (χ0v) is 18.5. The highest BCUT2D eigenvalue weighted by atomic mass is 32.2. The fourth-order valence-corrected chi connectivity index (χ4v) is 3.46. The van der Waals surface area contributed by atoms with Crippen molar-refractivity contribution >= 4 is 27.7 Å². The lowest BCUT2D eigenvalue weighted by atomic mass is 10.2. The average molecular weight is 446 g/mol. The second kappa shape index (κ2) is 10.6. The molecular weight excluding hydrogens is 418 g/mol. The number of carbonyl (C=O) groups excluding carboxylic acids is 2. The van der Waals surface area contributed by atoms with Crippen LogP contribution in [0.3, 0.4) is 0 Å². The highest BCUT2D eigenvalue weighted by molar-refractivity contribution is 7.92. The maximum absolute atomic E-state index is 12.3. The molecule has 0 aliphatic heterocycles. The predicted molar refractivity (Wildman–Crippen MR) is 119 cm³/mol. The second-order valence-electron chi connectivity index (χ2n) is 7.56. The number of rotatable bonds is 8. The molecule has 0 aromatic heterocycles. The third kappa shape index (κ3) is 8.51. The van der Waals surface area contributed by atoms with Crippen LogP contribution in [0.15, 0.2) is 71.6 Å². The number of nitrogens with one attached hydrogen (secondary N) is 3. The van der Waals surface area contributed by atoms with E-state index in [0.717, 1.165) is 0 Å². The Labute approximate surface area is 182 Å². The Hall–Kier alpha value is -3.33. The van der Waals surface area contributed by atoms with Gasteiger partial charge in [-0.05, 0) is 57.2 Å². The minimum Gasteiger partial charge on any atom is -0.444 e. The molecule has 0 bridgehead atoms. The van der Waals surface area contributed by atoms with Crippen LogP contribution in [0.5, 0.6) is 0 Å². The minimum atomic E-state index is -3.68. The van der Waals surface area contributed by atoms with Crippen LogP contribution in [0.25, 0.3) is 0 Å². The van der Waals surface area contributed by atoms with E-state index >= 15 is 0 Å². The van der Waals surface area contributed by atoms with Crippen molar-refractivity contribution in [2.75, 3.05) is 17.8 Å². The molecular formula is C22H27N3O5S. The molecule has 0 unspecified atom stereocenters. The van der Waals surface area contributed by atoms with Gasteiger partial charge in [0.05, 0.1) is 4.90 Å². The number of anilines is 1. The van der Waals surface area contributed by atoms with E-state index in [1.807, 2.05) is 0 Å². The van der Waals surface area contributed by atoms with Gasteiger partial charge < -0.3 is 15.4 Å². The van der Waals surface area contributed by atoms with Crippen molar-refractivity contribution in [3.8, 4) is 0 Å². The number of carbonyl (C=O) groups is 2. The lowest BCUT2D eigenvalue weighted by Crippen LogP contribution is -2.32. The second-order valence-corrected chi connectivity index (χ2v) is 9.24. The van der Waals surface area contributed by atoms with Gasteiger partial charge in [-0.1, -0.05) is 30.4 Å². The normalized spacial score (nSPS) is 11.7. The molecule has 2 rings (SSSR count). The highest BCUT2D eigenvalue weighted by Crippen LogP contribution is 2.16. The van der Waals surface area contributed by atoms with Gasteiger partial charge in [-0.3, -0.25) is 9.52 Å². The van der Waals surface area contributed by atoms with Gasteiger partial charge in [-0.2, -0.15) is 0 Å². The molecule has 0 saturated heterocycles. The van der Waals surface area contributed by atoms with Gasteiger partial charge in [0.15, 0.2) is 0 Å². The Kier molecular flexibility index (Phi) is 8.21. The number of sulfonamides is 1. The van der Waals surface area contributed by atoms with Crippen LogP contribution in [-0.4, -0.2) is 39.1 Å². The first-order valence-electron chi connectivity index (χ1n) is 9.65. The van der Waals surface area contributed by atoms with Gasteiger partial charge in [0, 0.05) is 24.3 Å². The average Bonchev–Trinajstić information content (AvgIpc) is 2.70. The molecule has 166 valence electrons. The molecule has 8 nitrogen and oxygen atoms in total. The molecule has 0 spiro atoms. The van der Waals surface area contributed by atoms with E-state index in [9.17, 15) is 18.0 Å². The fourth-order valence-electron chi connectivity index (χ4n) is 2.38. The van der Waals surface area contributed by atoms with Crippen molar-refractivity contribution in [1.29, 1.82) is 0 Å². The molecule has 2 aromatic carbocycles. The van der Waals surface area contributed by atoms with Crippen molar-refractivity contribution in [3.63, 3.8) is 0 Å². The van der Waals surface area contributed by atoms with Crippen molar-refractivity contribution < 1.29 is 22.7 Å². The van der Waals surface area contributed by atoms with Gasteiger partial charge in [-0.25, -0.2) is 13.2 Å². The summed E-state index contributed by atoms with van der Waals surface area (Å²) in [6, 6.07) is 14.1. The van der Waals surface area contributed by atoms with Gasteiger partial charge >= 0.3 is 6.09 Å². The van der Waals surface area contributed by atoms with Crippen LogP contribution in [0.2, 0.25) is 0 Å². The van der Waals surface area contributed by atoms with Gasteiger partial charge in [0.1, 0.15) is 5.60 Å². The first-order chi connectivity index (χ1) is 14.6. The van der Waals surface area contributed by atoms with Crippen molar-refractivity contribution in [1.82, 2.24) is 10.6 Å². The maximum Gasteiger partial charge on any atom is 0.407 e. The van der Waals surface area contributed by atoms with E-state index in [1.54, 1.807) is 51.1 Å². The molecule has 0 atom stereocenters.